The third-order valence-corrected chi connectivity index (χ3v) is 5.16. The molecule has 1 aromatic carbocycles. The van der Waals surface area contributed by atoms with E-state index in [-0.39, 0.29) is 12.4 Å². The van der Waals surface area contributed by atoms with E-state index in [0.717, 1.165) is 12.1 Å². The van der Waals surface area contributed by atoms with Gasteiger partial charge in [0.2, 0.25) is 5.13 Å². The number of hydrogen-bond acceptors (Lipinski definition) is 7. The molecule has 0 unspecified atom stereocenters. The first-order chi connectivity index (χ1) is 13.2. The summed E-state index contributed by atoms with van der Waals surface area (Å²) >= 11 is 1.42. The molecule has 2 heterocycles. The molecule has 1 aliphatic heterocycles. The summed E-state index contributed by atoms with van der Waals surface area (Å²) in [5, 5.41) is 6.78. The molecule has 0 radical (unpaired) electrons. The highest BCUT2D eigenvalue weighted by Gasteiger charge is 2.10. The van der Waals surface area contributed by atoms with E-state index < -0.39 is 0 Å². The Kier molecular flexibility index (Phi) is 7.36. The second-order valence-electron chi connectivity index (χ2n) is 6.58. The minimum absolute atomic E-state index is 0.189. The summed E-state index contributed by atoms with van der Waals surface area (Å²) in [7, 11) is 0. The first-order valence-corrected chi connectivity index (χ1v) is 10.3. The lowest BCUT2D eigenvalue weighted by Crippen LogP contribution is -2.29. The van der Waals surface area contributed by atoms with Gasteiger partial charge in [0, 0.05) is 11.9 Å². The predicted octanol–water partition coefficient (Wildman–Crippen LogP) is 3.68. The monoisotopic (exact) mass is 386 g/mol. The number of likely N-dealkylation sites (tertiary alicyclic amines) is 1. The fourth-order valence-electron chi connectivity index (χ4n) is 3.11. The van der Waals surface area contributed by atoms with E-state index in [9.17, 15) is 4.79 Å². The van der Waals surface area contributed by atoms with Crippen molar-refractivity contribution in [3.05, 3.63) is 46.5 Å². The molecule has 0 spiro atoms. The van der Waals surface area contributed by atoms with Gasteiger partial charge >= 0.3 is 5.97 Å². The summed E-state index contributed by atoms with van der Waals surface area (Å²) < 4.78 is 4.93. The highest BCUT2D eigenvalue weighted by molar-refractivity contribution is 7.13. The maximum absolute atomic E-state index is 11.5. The number of aromatic nitrogens is 1. The van der Waals surface area contributed by atoms with E-state index in [4.69, 9.17) is 4.74 Å². The van der Waals surface area contributed by atoms with Crippen LogP contribution in [0.1, 0.15) is 43.0 Å². The van der Waals surface area contributed by atoms with Crippen LogP contribution in [0, 0.1) is 0 Å². The summed E-state index contributed by atoms with van der Waals surface area (Å²) in [6, 6.07) is 8.45. The molecule has 2 aromatic rings. The van der Waals surface area contributed by atoms with Crippen LogP contribution in [0.3, 0.4) is 0 Å². The Hall–Kier alpha value is -2.25. The van der Waals surface area contributed by atoms with Crippen molar-refractivity contribution in [3.63, 3.8) is 0 Å². The fourth-order valence-corrected chi connectivity index (χ4v) is 3.77. The Balaban J connectivity index is 1.51. The number of ether oxygens (including phenoxy) is 1. The molecule has 144 valence electrons. The smallest absolute Gasteiger partial charge is 0.311 e. The second kappa shape index (κ2) is 10.2. The molecule has 1 fully saturated rings. The topological polar surface area (TPSA) is 66.8 Å². The molecule has 0 aliphatic carbocycles. The highest BCUT2D eigenvalue weighted by atomic mass is 32.1. The lowest BCUT2D eigenvalue weighted by molar-refractivity contribution is -0.142. The van der Waals surface area contributed by atoms with E-state index >= 15 is 0 Å². The molecule has 0 amide bonds. The van der Waals surface area contributed by atoms with Crippen LogP contribution in [0.2, 0.25) is 0 Å². The zero-order valence-corrected chi connectivity index (χ0v) is 16.5. The third kappa shape index (κ3) is 6.45. The molecule has 27 heavy (non-hydrogen) atoms. The van der Waals surface area contributed by atoms with Crippen LogP contribution in [0.5, 0.6) is 0 Å². The lowest BCUT2D eigenvalue weighted by Gasteiger charge is -2.26. The van der Waals surface area contributed by atoms with Crippen LogP contribution in [0.15, 0.2) is 34.7 Å². The number of rotatable bonds is 8. The maximum atomic E-state index is 11.5. The number of hydrazone groups is 1. The van der Waals surface area contributed by atoms with Gasteiger partial charge in [-0.1, -0.05) is 24.6 Å². The molecule has 0 atom stereocenters. The summed E-state index contributed by atoms with van der Waals surface area (Å²) in [6.07, 6.45) is 5.95. The van der Waals surface area contributed by atoms with Gasteiger partial charge in [-0.15, -0.1) is 11.3 Å². The number of anilines is 1. The van der Waals surface area contributed by atoms with E-state index in [1.165, 1.54) is 49.3 Å². The Morgan fingerprint density at radius 2 is 2.22 bits per heavy atom. The van der Waals surface area contributed by atoms with Crippen molar-refractivity contribution in [2.45, 2.75) is 39.2 Å². The SMILES string of the molecule is CCOC(=O)Cc1csc(NN=Cc2cccc(CN3CCCCC3)c2)n1. The summed E-state index contributed by atoms with van der Waals surface area (Å²) in [5.74, 6) is -0.261. The predicted molar refractivity (Wildman–Crippen MR) is 109 cm³/mol. The number of thiazole rings is 1. The number of carbonyl (C=O) groups is 1. The largest absolute Gasteiger partial charge is 0.466 e. The van der Waals surface area contributed by atoms with Crippen molar-refractivity contribution in [2.75, 3.05) is 25.1 Å². The van der Waals surface area contributed by atoms with Gasteiger partial charge in [0.15, 0.2) is 0 Å². The minimum atomic E-state index is -0.261. The Bertz CT molecular complexity index is 769. The molecule has 1 saturated heterocycles. The lowest BCUT2D eigenvalue weighted by atomic mass is 10.1. The standard InChI is InChI=1S/C20H26N4O2S/c1-2-26-19(25)12-18-15-27-20(22-18)23-21-13-16-7-6-8-17(11-16)14-24-9-4-3-5-10-24/h6-8,11,13,15H,2-5,9-10,12,14H2,1H3,(H,22,23). The van der Waals surface area contributed by atoms with Crippen molar-refractivity contribution in [3.8, 4) is 0 Å². The van der Waals surface area contributed by atoms with Crippen LogP contribution < -0.4 is 5.43 Å². The molecule has 1 aromatic heterocycles. The first kappa shape index (κ1) is 19.5. The number of carbonyl (C=O) groups excluding carboxylic acids is 1. The number of nitrogens with zero attached hydrogens (tertiary/aromatic N) is 3. The first-order valence-electron chi connectivity index (χ1n) is 9.43. The minimum Gasteiger partial charge on any atom is -0.466 e. The van der Waals surface area contributed by atoms with Gasteiger partial charge in [-0.3, -0.25) is 15.1 Å². The molecule has 0 bridgehead atoms. The number of esters is 1. The molecule has 0 saturated carbocycles. The van der Waals surface area contributed by atoms with Gasteiger partial charge < -0.3 is 4.74 Å². The number of nitrogens with one attached hydrogen (secondary N) is 1. The van der Waals surface area contributed by atoms with Crippen molar-refractivity contribution < 1.29 is 9.53 Å². The van der Waals surface area contributed by atoms with Gasteiger partial charge in [0.25, 0.3) is 0 Å². The number of benzene rings is 1. The van der Waals surface area contributed by atoms with Gasteiger partial charge in [-0.25, -0.2) is 4.98 Å². The Morgan fingerprint density at radius 1 is 1.37 bits per heavy atom. The maximum Gasteiger partial charge on any atom is 0.311 e. The van der Waals surface area contributed by atoms with Gasteiger partial charge in [-0.05, 0) is 50.0 Å². The number of hydrogen-bond donors (Lipinski definition) is 1. The van der Waals surface area contributed by atoms with E-state index in [1.54, 1.807) is 13.1 Å². The van der Waals surface area contributed by atoms with Crippen molar-refractivity contribution in [1.82, 2.24) is 9.88 Å². The zero-order valence-electron chi connectivity index (χ0n) is 15.7. The molecule has 3 rings (SSSR count). The van der Waals surface area contributed by atoms with E-state index in [2.05, 4.69) is 38.6 Å². The fraction of sp³-hybridized carbons (Fsp3) is 0.450. The van der Waals surface area contributed by atoms with E-state index in [0.29, 0.717) is 17.4 Å². The quantitative estimate of drug-likeness (QED) is 0.426. The van der Waals surface area contributed by atoms with E-state index in [1.807, 2.05) is 11.4 Å². The van der Waals surface area contributed by atoms with Crippen molar-refractivity contribution in [2.24, 2.45) is 5.10 Å². The summed E-state index contributed by atoms with van der Waals surface area (Å²) in [4.78, 5) is 18.3. The van der Waals surface area contributed by atoms with Gasteiger partial charge in [-0.2, -0.15) is 5.10 Å². The Labute approximate surface area is 164 Å². The molecule has 7 heteroatoms. The highest BCUT2D eigenvalue weighted by Crippen LogP contribution is 2.16. The van der Waals surface area contributed by atoms with Crippen LogP contribution in [-0.4, -0.2) is 41.8 Å². The number of piperidine rings is 1. The summed E-state index contributed by atoms with van der Waals surface area (Å²) in [6.45, 7) is 5.56. The molecule has 1 N–H and O–H groups in total. The average Bonchev–Trinajstić information content (AvgIpc) is 3.10. The molecule has 1 aliphatic rings. The third-order valence-electron chi connectivity index (χ3n) is 4.36. The second-order valence-corrected chi connectivity index (χ2v) is 7.44. The van der Waals surface area contributed by atoms with Crippen molar-refractivity contribution in [1.29, 1.82) is 0 Å². The Morgan fingerprint density at radius 3 is 3.04 bits per heavy atom. The van der Waals surface area contributed by atoms with Crippen LogP contribution in [0.25, 0.3) is 0 Å². The van der Waals surface area contributed by atoms with Gasteiger partial charge in [0.05, 0.1) is 24.9 Å². The molecule has 6 nitrogen and oxygen atoms in total. The van der Waals surface area contributed by atoms with Crippen molar-refractivity contribution >= 4 is 28.7 Å². The average molecular weight is 387 g/mol. The summed E-state index contributed by atoms with van der Waals surface area (Å²) in [5.41, 5.74) is 6.00. The normalized spacial score (nSPS) is 15.1. The van der Waals surface area contributed by atoms with Gasteiger partial charge in [0.1, 0.15) is 0 Å². The molecular weight excluding hydrogens is 360 g/mol. The van der Waals surface area contributed by atoms with Crippen LogP contribution in [0.4, 0.5) is 5.13 Å². The molecular formula is C20H26N4O2S. The van der Waals surface area contributed by atoms with Crippen LogP contribution in [-0.2, 0) is 22.5 Å². The van der Waals surface area contributed by atoms with Crippen LogP contribution >= 0.6 is 11.3 Å². The zero-order chi connectivity index (χ0) is 18.9.